The number of methoxy groups -OCH3 is 4. The van der Waals surface area contributed by atoms with E-state index in [0.717, 1.165) is 10.5 Å². The van der Waals surface area contributed by atoms with Gasteiger partial charge < -0.3 is 23.8 Å². The first kappa shape index (κ1) is 21.4. The molecule has 0 aliphatic carbocycles. The number of carbonyl (C=O) groups excluding carboxylic acids is 1. The number of carbonyl (C=O) groups is 1. The standard InChI is InChI=1S/C20H19ClN2O7S/c1-27-13-5-10-9-22-19(24)18(21)20(22,31-17(10)8-16(13)30-4)11-6-14(28-2)15(29-3)7-12(11)23(25)26/h5-8,18H,9H2,1-4H3/t18-,20+/m1/s1. The maximum atomic E-state index is 12.7. The summed E-state index contributed by atoms with van der Waals surface area (Å²) in [5.74, 6) is 1.25. The lowest BCUT2D eigenvalue weighted by molar-refractivity contribution is -0.386. The summed E-state index contributed by atoms with van der Waals surface area (Å²) >= 11 is 7.82. The molecule has 2 atom stereocenters. The molecule has 2 aliphatic heterocycles. The van der Waals surface area contributed by atoms with Gasteiger partial charge in [-0.3, -0.25) is 14.9 Å². The van der Waals surface area contributed by atoms with Crippen LogP contribution in [-0.2, 0) is 16.2 Å². The zero-order valence-corrected chi connectivity index (χ0v) is 18.7. The van der Waals surface area contributed by atoms with Crippen LogP contribution >= 0.6 is 23.4 Å². The number of fused-ring (bicyclic) bond motifs is 2. The van der Waals surface area contributed by atoms with Gasteiger partial charge in [0.15, 0.2) is 27.9 Å². The van der Waals surface area contributed by atoms with Gasteiger partial charge in [-0.25, -0.2) is 0 Å². The van der Waals surface area contributed by atoms with Crippen LogP contribution in [-0.4, -0.2) is 49.5 Å². The van der Waals surface area contributed by atoms with Crippen molar-refractivity contribution in [3.63, 3.8) is 0 Å². The molecular weight excluding hydrogens is 448 g/mol. The van der Waals surface area contributed by atoms with Gasteiger partial charge >= 0.3 is 0 Å². The summed E-state index contributed by atoms with van der Waals surface area (Å²) in [6, 6.07) is 6.39. The fraction of sp³-hybridized carbons (Fsp3) is 0.350. The predicted molar refractivity (Wildman–Crippen MR) is 113 cm³/mol. The Bertz CT molecular complexity index is 1100. The monoisotopic (exact) mass is 466 g/mol. The Balaban J connectivity index is 1.94. The van der Waals surface area contributed by atoms with Crippen molar-refractivity contribution >= 4 is 35.0 Å². The molecule has 0 spiro atoms. The van der Waals surface area contributed by atoms with Crippen LogP contribution in [0.1, 0.15) is 11.1 Å². The number of hydrogen-bond acceptors (Lipinski definition) is 8. The van der Waals surface area contributed by atoms with Crippen LogP contribution in [0, 0.1) is 10.1 Å². The second-order valence-electron chi connectivity index (χ2n) is 6.88. The van der Waals surface area contributed by atoms with Crippen LogP contribution in [0.3, 0.4) is 0 Å². The van der Waals surface area contributed by atoms with Gasteiger partial charge in [-0.2, -0.15) is 0 Å². The normalized spacial score (nSPS) is 21.5. The van der Waals surface area contributed by atoms with E-state index in [0.29, 0.717) is 17.2 Å². The molecule has 0 aromatic heterocycles. The fourth-order valence-electron chi connectivity index (χ4n) is 3.94. The van der Waals surface area contributed by atoms with Crippen LogP contribution < -0.4 is 18.9 Å². The molecule has 11 heteroatoms. The third kappa shape index (κ3) is 2.96. The molecule has 0 saturated carbocycles. The van der Waals surface area contributed by atoms with E-state index in [1.165, 1.54) is 57.2 Å². The van der Waals surface area contributed by atoms with Gasteiger partial charge in [0.1, 0.15) is 5.38 Å². The number of rotatable bonds is 6. The van der Waals surface area contributed by atoms with Crippen molar-refractivity contribution in [3.05, 3.63) is 45.5 Å². The lowest BCUT2D eigenvalue weighted by Crippen LogP contribution is -2.68. The molecule has 0 N–H and O–H groups in total. The number of nitro groups is 1. The number of amides is 1. The Morgan fingerprint density at radius 2 is 1.58 bits per heavy atom. The Hall–Kier alpha value is -2.85. The zero-order valence-electron chi connectivity index (χ0n) is 17.1. The Morgan fingerprint density at radius 3 is 2.16 bits per heavy atom. The van der Waals surface area contributed by atoms with Crippen molar-refractivity contribution in [2.45, 2.75) is 21.7 Å². The summed E-state index contributed by atoms with van der Waals surface area (Å²) in [5.41, 5.74) is 0.885. The number of nitrogens with zero attached hydrogens (tertiary/aromatic N) is 2. The van der Waals surface area contributed by atoms with Crippen LogP contribution in [0.25, 0.3) is 0 Å². The van der Waals surface area contributed by atoms with E-state index in [9.17, 15) is 14.9 Å². The van der Waals surface area contributed by atoms with E-state index < -0.39 is 15.2 Å². The average molecular weight is 467 g/mol. The molecule has 9 nitrogen and oxygen atoms in total. The maximum absolute atomic E-state index is 12.7. The molecule has 0 unspecified atom stereocenters. The summed E-state index contributed by atoms with van der Waals surface area (Å²) in [5, 5.41) is 10.9. The number of halogens is 1. The highest BCUT2D eigenvalue weighted by molar-refractivity contribution is 8.00. The smallest absolute Gasteiger partial charge is 0.279 e. The minimum atomic E-state index is -1.19. The van der Waals surface area contributed by atoms with Crippen molar-refractivity contribution < 1.29 is 28.7 Å². The topological polar surface area (TPSA) is 100 Å². The van der Waals surface area contributed by atoms with Crippen LogP contribution in [0.4, 0.5) is 5.69 Å². The summed E-state index contributed by atoms with van der Waals surface area (Å²) in [7, 11) is 5.89. The molecule has 1 amide bonds. The molecule has 2 heterocycles. The molecule has 0 bridgehead atoms. The number of ether oxygens (including phenoxy) is 4. The van der Waals surface area contributed by atoms with E-state index >= 15 is 0 Å². The van der Waals surface area contributed by atoms with Crippen molar-refractivity contribution in [1.29, 1.82) is 0 Å². The molecule has 0 radical (unpaired) electrons. The van der Waals surface area contributed by atoms with Gasteiger partial charge in [-0.1, -0.05) is 11.8 Å². The van der Waals surface area contributed by atoms with Crippen molar-refractivity contribution in [3.8, 4) is 23.0 Å². The molecule has 1 fully saturated rings. The maximum Gasteiger partial charge on any atom is 0.279 e. The fourth-order valence-corrected chi connectivity index (χ4v) is 5.93. The Labute approximate surface area is 187 Å². The molecule has 2 aromatic carbocycles. The minimum Gasteiger partial charge on any atom is -0.493 e. The molecule has 2 aliphatic rings. The SMILES string of the molecule is COc1cc2c(cc1OC)S[C@@]1(c3cc(OC)c(OC)cc3[N+](=O)[O-])[C@H](Cl)C(=O)N1C2. The Morgan fingerprint density at radius 1 is 1.03 bits per heavy atom. The van der Waals surface area contributed by atoms with Gasteiger partial charge in [0, 0.05) is 11.4 Å². The molecule has 1 saturated heterocycles. The van der Waals surface area contributed by atoms with E-state index in [2.05, 4.69) is 0 Å². The molecule has 164 valence electrons. The largest absolute Gasteiger partial charge is 0.493 e. The number of alkyl halides is 1. The lowest BCUT2D eigenvalue weighted by Gasteiger charge is -2.57. The summed E-state index contributed by atoms with van der Waals surface area (Å²) in [6.07, 6.45) is 0. The van der Waals surface area contributed by atoms with Crippen LogP contribution in [0.2, 0.25) is 0 Å². The molecule has 4 rings (SSSR count). The second kappa shape index (κ2) is 7.69. The van der Waals surface area contributed by atoms with Gasteiger partial charge in [0.25, 0.3) is 5.69 Å². The van der Waals surface area contributed by atoms with Gasteiger partial charge in [0.2, 0.25) is 5.91 Å². The highest BCUT2D eigenvalue weighted by Crippen LogP contribution is 2.62. The molecular formula is C20H19ClN2O7S. The number of hydrogen-bond donors (Lipinski definition) is 0. The van der Waals surface area contributed by atoms with Crippen molar-refractivity contribution in [2.24, 2.45) is 0 Å². The first-order valence-electron chi connectivity index (χ1n) is 9.12. The Kier molecular flexibility index (Phi) is 5.30. The highest BCUT2D eigenvalue weighted by atomic mass is 35.5. The first-order chi connectivity index (χ1) is 14.8. The number of nitro benzene ring substituents is 1. The van der Waals surface area contributed by atoms with Crippen LogP contribution in [0.15, 0.2) is 29.2 Å². The third-order valence-electron chi connectivity index (χ3n) is 5.47. The van der Waals surface area contributed by atoms with Crippen molar-refractivity contribution in [2.75, 3.05) is 28.4 Å². The van der Waals surface area contributed by atoms with E-state index in [4.69, 9.17) is 30.5 Å². The number of thioether (sulfide) groups is 1. The summed E-state index contributed by atoms with van der Waals surface area (Å²) < 4.78 is 21.4. The second-order valence-corrected chi connectivity index (χ2v) is 8.58. The molecule has 2 aromatic rings. The minimum absolute atomic E-state index is 0.211. The lowest BCUT2D eigenvalue weighted by atomic mass is 9.89. The van der Waals surface area contributed by atoms with Gasteiger partial charge in [0.05, 0.1) is 45.0 Å². The van der Waals surface area contributed by atoms with Crippen LogP contribution in [0.5, 0.6) is 23.0 Å². The molecule has 31 heavy (non-hydrogen) atoms. The zero-order chi connectivity index (χ0) is 22.5. The van der Waals surface area contributed by atoms with Gasteiger partial charge in [-0.05, 0) is 23.8 Å². The quantitative estimate of drug-likeness (QED) is 0.276. The number of β-lactam (4-membered cyclic amide) rings is 1. The predicted octanol–water partition coefficient (Wildman–Crippen LogP) is 3.54. The highest BCUT2D eigenvalue weighted by Gasteiger charge is 2.65. The number of benzene rings is 2. The van der Waals surface area contributed by atoms with E-state index in [1.807, 2.05) is 0 Å². The van der Waals surface area contributed by atoms with Crippen molar-refractivity contribution in [1.82, 2.24) is 4.90 Å². The first-order valence-corrected chi connectivity index (χ1v) is 10.4. The van der Waals surface area contributed by atoms with E-state index in [1.54, 1.807) is 12.1 Å². The summed E-state index contributed by atoms with van der Waals surface area (Å²) in [6.45, 7) is 0.218. The third-order valence-corrected chi connectivity index (χ3v) is 7.69. The van der Waals surface area contributed by atoms with E-state index in [-0.39, 0.29) is 29.5 Å². The van der Waals surface area contributed by atoms with Gasteiger partial charge in [-0.15, -0.1) is 11.6 Å². The average Bonchev–Trinajstić information content (AvgIpc) is 2.80. The summed E-state index contributed by atoms with van der Waals surface area (Å²) in [4.78, 5) is 25.3.